The second kappa shape index (κ2) is 7.10. The number of carboxylic acid groups (broad SMARTS) is 1. The summed E-state index contributed by atoms with van der Waals surface area (Å²) in [6, 6.07) is 9.61. The fourth-order valence-electron chi connectivity index (χ4n) is 1.49. The van der Waals surface area contributed by atoms with E-state index in [1.165, 1.54) is 30.1 Å². The van der Waals surface area contributed by atoms with Crippen molar-refractivity contribution in [1.29, 1.82) is 0 Å². The number of hydrogen-bond acceptors (Lipinski definition) is 4. The number of carboxylic acids is 1. The zero-order valence-corrected chi connectivity index (χ0v) is 12.3. The number of aromatic nitrogens is 1. The maximum absolute atomic E-state index is 11.8. The van der Waals surface area contributed by atoms with Crippen molar-refractivity contribution in [1.82, 2.24) is 4.98 Å². The molecule has 0 atom stereocenters. The van der Waals surface area contributed by atoms with Gasteiger partial charge in [-0.2, -0.15) is 0 Å². The fraction of sp³-hybridized carbons (Fsp3) is 0.0714. The van der Waals surface area contributed by atoms with E-state index in [-0.39, 0.29) is 17.2 Å². The number of amides is 1. The first-order chi connectivity index (χ1) is 10.0. The first-order valence-corrected chi connectivity index (χ1v) is 7.28. The molecular weight excluding hydrogens is 312 g/mol. The molecule has 0 spiro atoms. The monoisotopic (exact) mass is 322 g/mol. The number of rotatable bonds is 5. The van der Waals surface area contributed by atoms with Gasteiger partial charge in [0.05, 0.1) is 16.3 Å². The van der Waals surface area contributed by atoms with Gasteiger partial charge in [-0.05, 0) is 36.4 Å². The molecule has 7 heteroatoms. The molecule has 0 saturated heterocycles. The Morgan fingerprint density at radius 2 is 1.95 bits per heavy atom. The topological polar surface area (TPSA) is 79.3 Å². The molecule has 0 unspecified atom stereocenters. The standard InChI is InChI=1S/C14H11ClN2O3S/c15-10-1-3-11(4-2-10)17-12(18)8-21-13-7-9(14(19)20)5-6-16-13/h1-7H,8H2,(H,17,18)(H,19,20). The van der Waals surface area contributed by atoms with E-state index in [2.05, 4.69) is 10.3 Å². The predicted molar refractivity (Wildman–Crippen MR) is 82.0 cm³/mol. The van der Waals surface area contributed by atoms with Crippen molar-refractivity contribution >= 4 is 40.9 Å². The second-order valence-corrected chi connectivity index (χ2v) is 5.46. The molecule has 0 aliphatic carbocycles. The molecule has 0 aliphatic heterocycles. The SMILES string of the molecule is O=C(CSc1cc(C(=O)O)ccn1)Nc1ccc(Cl)cc1. The lowest BCUT2D eigenvalue weighted by Crippen LogP contribution is -2.14. The van der Waals surface area contributed by atoms with Crippen molar-refractivity contribution in [2.24, 2.45) is 0 Å². The number of nitrogens with one attached hydrogen (secondary N) is 1. The number of pyridine rings is 1. The highest BCUT2D eigenvalue weighted by molar-refractivity contribution is 7.99. The summed E-state index contributed by atoms with van der Waals surface area (Å²) < 4.78 is 0. The minimum absolute atomic E-state index is 0.138. The Hall–Kier alpha value is -2.05. The van der Waals surface area contributed by atoms with Crippen LogP contribution >= 0.6 is 23.4 Å². The molecule has 1 amide bonds. The maximum Gasteiger partial charge on any atom is 0.335 e. The molecule has 1 aromatic heterocycles. The van der Waals surface area contributed by atoms with Crippen molar-refractivity contribution in [2.45, 2.75) is 5.03 Å². The van der Waals surface area contributed by atoms with Gasteiger partial charge in [-0.1, -0.05) is 23.4 Å². The van der Waals surface area contributed by atoms with Crippen molar-refractivity contribution < 1.29 is 14.7 Å². The van der Waals surface area contributed by atoms with E-state index >= 15 is 0 Å². The third kappa shape index (κ3) is 4.77. The highest BCUT2D eigenvalue weighted by Gasteiger charge is 2.07. The molecule has 1 heterocycles. The summed E-state index contributed by atoms with van der Waals surface area (Å²) in [6.07, 6.45) is 1.41. The van der Waals surface area contributed by atoms with Crippen LogP contribution < -0.4 is 5.32 Å². The summed E-state index contributed by atoms with van der Waals surface area (Å²) in [7, 11) is 0. The summed E-state index contributed by atoms with van der Waals surface area (Å²) >= 11 is 6.93. The van der Waals surface area contributed by atoms with E-state index in [1.807, 2.05) is 0 Å². The Labute approximate surface area is 130 Å². The molecule has 0 aliphatic rings. The minimum atomic E-state index is -1.02. The van der Waals surface area contributed by atoms with E-state index in [4.69, 9.17) is 16.7 Å². The summed E-state index contributed by atoms with van der Waals surface area (Å²) in [5, 5.41) is 12.7. The van der Waals surface area contributed by atoms with Gasteiger partial charge in [-0.25, -0.2) is 9.78 Å². The van der Waals surface area contributed by atoms with Crippen LogP contribution in [0.1, 0.15) is 10.4 Å². The maximum atomic E-state index is 11.8. The van der Waals surface area contributed by atoms with Crippen LogP contribution in [0.2, 0.25) is 5.02 Å². The molecule has 1 aromatic carbocycles. The van der Waals surface area contributed by atoms with Gasteiger partial charge in [0.25, 0.3) is 0 Å². The van der Waals surface area contributed by atoms with Crippen LogP contribution in [-0.2, 0) is 4.79 Å². The van der Waals surface area contributed by atoms with Gasteiger partial charge >= 0.3 is 5.97 Å². The van der Waals surface area contributed by atoms with Crippen molar-refractivity contribution in [3.63, 3.8) is 0 Å². The summed E-state index contributed by atoms with van der Waals surface area (Å²) in [5.41, 5.74) is 0.794. The van der Waals surface area contributed by atoms with E-state index in [9.17, 15) is 9.59 Å². The number of halogens is 1. The number of carbonyl (C=O) groups excluding carboxylic acids is 1. The number of nitrogens with zero attached hydrogens (tertiary/aromatic N) is 1. The van der Waals surface area contributed by atoms with Crippen molar-refractivity contribution in [2.75, 3.05) is 11.1 Å². The number of thioether (sulfide) groups is 1. The zero-order valence-electron chi connectivity index (χ0n) is 10.7. The zero-order chi connectivity index (χ0) is 15.2. The molecule has 0 bridgehead atoms. The number of anilines is 1. The van der Waals surface area contributed by atoms with Crippen LogP contribution in [-0.4, -0.2) is 27.7 Å². The van der Waals surface area contributed by atoms with E-state index in [1.54, 1.807) is 24.3 Å². The normalized spacial score (nSPS) is 10.1. The summed E-state index contributed by atoms with van der Waals surface area (Å²) in [6.45, 7) is 0. The lowest BCUT2D eigenvalue weighted by atomic mass is 10.3. The fourth-order valence-corrected chi connectivity index (χ4v) is 2.31. The number of benzene rings is 1. The van der Waals surface area contributed by atoms with Gasteiger partial charge in [0.15, 0.2) is 0 Å². The van der Waals surface area contributed by atoms with E-state index in [0.717, 1.165) is 0 Å². The molecule has 2 rings (SSSR count). The Morgan fingerprint density at radius 3 is 2.62 bits per heavy atom. The van der Waals surface area contributed by atoms with Gasteiger partial charge < -0.3 is 10.4 Å². The van der Waals surface area contributed by atoms with Crippen LogP contribution in [0.3, 0.4) is 0 Å². The average molecular weight is 323 g/mol. The van der Waals surface area contributed by atoms with Gasteiger partial charge in [-0.3, -0.25) is 4.79 Å². The summed E-state index contributed by atoms with van der Waals surface area (Å²) in [5.74, 6) is -1.09. The Balaban J connectivity index is 1.90. The Bertz CT molecular complexity index is 662. The number of aromatic carboxylic acids is 1. The Kier molecular flexibility index (Phi) is 5.19. The largest absolute Gasteiger partial charge is 0.478 e. The number of carbonyl (C=O) groups is 2. The second-order valence-electron chi connectivity index (χ2n) is 4.03. The molecule has 108 valence electrons. The quantitative estimate of drug-likeness (QED) is 0.827. The predicted octanol–water partition coefficient (Wildman–Crippen LogP) is 3.16. The lowest BCUT2D eigenvalue weighted by Gasteiger charge is -2.05. The first-order valence-electron chi connectivity index (χ1n) is 5.92. The van der Waals surface area contributed by atoms with Crippen LogP contribution in [0.15, 0.2) is 47.6 Å². The average Bonchev–Trinajstić information content (AvgIpc) is 2.48. The van der Waals surface area contributed by atoms with Gasteiger partial charge in [0, 0.05) is 16.9 Å². The van der Waals surface area contributed by atoms with E-state index in [0.29, 0.717) is 15.7 Å². The van der Waals surface area contributed by atoms with Crippen molar-refractivity contribution in [3.05, 3.63) is 53.2 Å². The van der Waals surface area contributed by atoms with Crippen LogP contribution in [0.5, 0.6) is 0 Å². The van der Waals surface area contributed by atoms with Crippen LogP contribution in [0.4, 0.5) is 5.69 Å². The molecule has 0 radical (unpaired) electrons. The molecule has 2 N–H and O–H groups in total. The molecule has 21 heavy (non-hydrogen) atoms. The third-order valence-corrected chi connectivity index (χ3v) is 3.64. The summed E-state index contributed by atoms with van der Waals surface area (Å²) in [4.78, 5) is 26.6. The smallest absolute Gasteiger partial charge is 0.335 e. The highest BCUT2D eigenvalue weighted by Crippen LogP contribution is 2.18. The highest BCUT2D eigenvalue weighted by atomic mass is 35.5. The first kappa shape index (κ1) is 15.3. The lowest BCUT2D eigenvalue weighted by molar-refractivity contribution is -0.113. The van der Waals surface area contributed by atoms with Crippen molar-refractivity contribution in [3.8, 4) is 0 Å². The van der Waals surface area contributed by atoms with Crippen LogP contribution in [0.25, 0.3) is 0 Å². The molecule has 2 aromatic rings. The minimum Gasteiger partial charge on any atom is -0.478 e. The molecule has 5 nitrogen and oxygen atoms in total. The number of hydrogen-bond donors (Lipinski definition) is 2. The van der Waals surface area contributed by atoms with Gasteiger partial charge in [0.2, 0.25) is 5.91 Å². The van der Waals surface area contributed by atoms with E-state index < -0.39 is 5.97 Å². The van der Waals surface area contributed by atoms with Crippen LogP contribution in [0, 0.1) is 0 Å². The molecule has 0 saturated carbocycles. The molecular formula is C14H11ClN2O3S. The van der Waals surface area contributed by atoms with Gasteiger partial charge in [0.1, 0.15) is 0 Å². The third-order valence-electron chi connectivity index (χ3n) is 2.46. The molecule has 0 fully saturated rings. The Morgan fingerprint density at radius 1 is 1.24 bits per heavy atom. The van der Waals surface area contributed by atoms with Gasteiger partial charge in [-0.15, -0.1) is 0 Å².